The summed E-state index contributed by atoms with van der Waals surface area (Å²) in [5, 5.41) is 0. The van der Waals surface area contributed by atoms with Crippen molar-refractivity contribution in [3.8, 4) is 0 Å². The monoisotopic (exact) mass is 192 g/mol. The van der Waals surface area contributed by atoms with Crippen LogP contribution in [-0.2, 0) is 13.6 Å². The standard InChI is InChI=1S/C8H17O3P/c1-4-6-7-11-12(9,10-3)8-5-2/h5H,2,4,6-8H2,1,3H3. The summed E-state index contributed by atoms with van der Waals surface area (Å²) >= 11 is 0. The number of unbranched alkanes of at least 4 members (excludes halogenated alkanes) is 1. The van der Waals surface area contributed by atoms with E-state index in [1.807, 2.05) is 0 Å². The van der Waals surface area contributed by atoms with E-state index in [1.54, 1.807) is 6.08 Å². The Morgan fingerprint density at radius 1 is 1.58 bits per heavy atom. The van der Waals surface area contributed by atoms with Crippen LogP contribution in [0.3, 0.4) is 0 Å². The Labute approximate surface area is 74.3 Å². The van der Waals surface area contributed by atoms with Gasteiger partial charge in [-0.05, 0) is 6.42 Å². The molecule has 0 spiro atoms. The molecule has 72 valence electrons. The molecule has 12 heavy (non-hydrogen) atoms. The summed E-state index contributed by atoms with van der Waals surface area (Å²) in [6, 6.07) is 0. The first kappa shape index (κ1) is 11.9. The van der Waals surface area contributed by atoms with Crippen LogP contribution in [-0.4, -0.2) is 19.9 Å². The predicted octanol–water partition coefficient (Wildman–Crippen LogP) is 2.83. The van der Waals surface area contributed by atoms with Crippen molar-refractivity contribution in [3.63, 3.8) is 0 Å². The fourth-order valence-corrected chi connectivity index (χ4v) is 1.77. The molecule has 0 aliphatic carbocycles. The molecule has 0 aliphatic heterocycles. The van der Waals surface area contributed by atoms with E-state index in [4.69, 9.17) is 9.05 Å². The van der Waals surface area contributed by atoms with Gasteiger partial charge in [0.25, 0.3) is 0 Å². The third-order valence-corrected chi connectivity index (χ3v) is 3.25. The third-order valence-electron chi connectivity index (χ3n) is 1.42. The molecule has 0 fully saturated rings. The van der Waals surface area contributed by atoms with Crippen molar-refractivity contribution >= 4 is 7.60 Å². The van der Waals surface area contributed by atoms with Crippen molar-refractivity contribution in [3.05, 3.63) is 12.7 Å². The lowest BCUT2D eigenvalue weighted by atomic mass is 10.4. The minimum Gasteiger partial charge on any atom is -0.312 e. The highest BCUT2D eigenvalue weighted by Crippen LogP contribution is 2.47. The topological polar surface area (TPSA) is 35.5 Å². The van der Waals surface area contributed by atoms with Gasteiger partial charge in [0.1, 0.15) is 0 Å². The largest absolute Gasteiger partial charge is 0.334 e. The van der Waals surface area contributed by atoms with Gasteiger partial charge in [-0.15, -0.1) is 6.58 Å². The maximum atomic E-state index is 11.5. The molecule has 0 radical (unpaired) electrons. The molecule has 0 aromatic heterocycles. The molecule has 0 heterocycles. The van der Waals surface area contributed by atoms with E-state index >= 15 is 0 Å². The van der Waals surface area contributed by atoms with E-state index in [9.17, 15) is 4.57 Å². The Hall–Kier alpha value is -0.110. The minimum atomic E-state index is -2.85. The van der Waals surface area contributed by atoms with Crippen molar-refractivity contribution in [2.45, 2.75) is 19.8 Å². The maximum Gasteiger partial charge on any atom is 0.334 e. The summed E-state index contributed by atoms with van der Waals surface area (Å²) in [6.45, 7) is 6.04. The van der Waals surface area contributed by atoms with E-state index in [0.29, 0.717) is 6.61 Å². The normalized spacial score (nSPS) is 15.5. The molecule has 0 aromatic rings. The van der Waals surface area contributed by atoms with Crippen LogP contribution in [0.2, 0.25) is 0 Å². The van der Waals surface area contributed by atoms with Gasteiger partial charge in [0.2, 0.25) is 0 Å². The molecule has 0 aromatic carbocycles. The first-order valence-corrected chi connectivity index (χ1v) is 5.81. The summed E-state index contributed by atoms with van der Waals surface area (Å²) in [7, 11) is -1.45. The highest BCUT2D eigenvalue weighted by Gasteiger charge is 2.19. The second-order valence-electron chi connectivity index (χ2n) is 2.45. The van der Waals surface area contributed by atoms with Crippen LogP contribution in [0.25, 0.3) is 0 Å². The van der Waals surface area contributed by atoms with Gasteiger partial charge in [-0.25, -0.2) is 0 Å². The minimum absolute atomic E-state index is 0.285. The molecule has 4 heteroatoms. The summed E-state index contributed by atoms with van der Waals surface area (Å²) < 4.78 is 21.4. The average molecular weight is 192 g/mol. The third kappa shape index (κ3) is 4.70. The molecule has 0 aliphatic rings. The Balaban J connectivity index is 3.79. The van der Waals surface area contributed by atoms with Crippen molar-refractivity contribution in [1.82, 2.24) is 0 Å². The molecule has 0 bridgehead atoms. The Kier molecular flexibility index (Phi) is 6.35. The molecule has 0 rings (SSSR count). The van der Waals surface area contributed by atoms with Crippen LogP contribution in [0.15, 0.2) is 12.7 Å². The van der Waals surface area contributed by atoms with Gasteiger partial charge >= 0.3 is 7.60 Å². The van der Waals surface area contributed by atoms with Gasteiger partial charge in [-0.2, -0.15) is 0 Å². The van der Waals surface area contributed by atoms with Crippen molar-refractivity contribution in [2.75, 3.05) is 19.9 Å². The van der Waals surface area contributed by atoms with Crippen molar-refractivity contribution in [2.24, 2.45) is 0 Å². The summed E-state index contributed by atoms with van der Waals surface area (Å²) in [5.74, 6) is 0. The molecule has 3 nitrogen and oxygen atoms in total. The summed E-state index contributed by atoms with van der Waals surface area (Å²) in [6.07, 6.45) is 3.77. The number of rotatable bonds is 7. The highest BCUT2D eigenvalue weighted by molar-refractivity contribution is 7.54. The second-order valence-corrected chi connectivity index (χ2v) is 4.66. The van der Waals surface area contributed by atoms with E-state index in [0.717, 1.165) is 12.8 Å². The van der Waals surface area contributed by atoms with E-state index in [2.05, 4.69) is 13.5 Å². The van der Waals surface area contributed by atoms with Gasteiger partial charge in [-0.3, -0.25) is 4.57 Å². The van der Waals surface area contributed by atoms with Crippen LogP contribution in [0.1, 0.15) is 19.8 Å². The molecule has 0 amide bonds. The van der Waals surface area contributed by atoms with Crippen LogP contribution in [0.4, 0.5) is 0 Å². The molecule has 1 atom stereocenters. The second kappa shape index (κ2) is 6.41. The molecule has 0 saturated carbocycles. The lowest BCUT2D eigenvalue weighted by molar-refractivity contribution is 0.232. The zero-order valence-electron chi connectivity index (χ0n) is 7.78. The van der Waals surface area contributed by atoms with Crippen LogP contribution < -0.4 is 0 Å². The molecule has 0 N–H and O–H groups in total. The van der Waals surface area contributed by atoms with Crippen LogP contribution in [0.5, 0.6) is 0 Å². The number of hydrogen-bond acceptors (Lipinski definition) is 3. The Morgan fingerprint density at radius 2 is 2.25 bits per heavy atom. The van der Waals surface area contributed by atoms with Gasteiger partial charge in [0.05, 0.1) is 12.8 Å². The average Bonchev–Trinajstić information content (AvgIpc) is 2.06. The van der Waals surface area contributed by atoms with E-state index in [-0.39, 0.29) is 6.16 Å². The smallest absolute Gasteiger partial charge is 0.312 e. The first-order valence-electron chi connectivity index (χ1n) is 4.08. The molecular weight excluding hydrogens is 175 g/mol. The van der Waals surface area contributed by atoms with Crippen LogP contribution in [0, 0.1) is 0 Å². The van der Waals surface area contributed by atoms with Gasteiger partial charge in [-0.1, -0.05) is 19.4 Å². The van der Waals surface area contributed by atoms with E-state index < -0.39 is 7.60 Å². The van der Waals surface area contributed by atoms with E-state index in [1.165, 1.54) is 7.11 Å². The Bertz CT molecular complexity index is 168. The lowest BCUT2D eigenvalue weighted by Crippen LogP contribution is -1.97. The van der Waals surface area contributed by atoms with Gasteiger partial charge in [0, 0.05) is 7.11 Å². The predicted molar refractivity (Wildman–Crippen MR) is 50.5 cm³/mol. The van der Waals surface area contributed by atoms with Crippen molar-refractivity contribution < 1.29 is 13.6 Å². The SMILES string of the molecule is C=CCP(=O)(OC)OCCCC. The fraction of sp³-hybridized carbons (Fsp3) is 0.750. The number of allylic oxidation sites excluding steroid dienone is 1. The maximum absolute atomic E-state index is 11.5. The Morgan fingerprint density at radius 3 is 2.67 bits per heavy atom. The first-order chi connectivity index (χ1) is 5.68. The van der Waals surface area contributed by atoms with Gasteiger partial charge in [0.15, 0.2) is 0 Å². The fourth-order valence-electron chi connectivity index (χ4n) is 0.686. The quantitative estimate of drug-likeness (QED) is 0.353. The molecule has 1 unspecified atom stereocenters. The number of hydrogen-bond donors (Lipinski definition) is 0. The van der Waals surface area contributed by atoms with Crippen LogP contribution >= 0.6 is 7.60 Å². The molecule has 0 saturated heterocycles. The summed E-state index contributed by atoms with van der Waals surface area (Å²) in [4.78, 5) is 0. The zero-order valence-corrected chi connectivity index (χ0v) is 8.68. The lowest BCUT2D eigenvalue weighted by Gasteiger charge is -2.13. The zero-order chi connectivity index (χ0) is 9.45. The van der Waals surface area contributed by atoms with Gasteiger partial charge < -0.3 is 9.05 Å². The summed E-state index contributed by atoms with van der Waals surface area (Å²) in [5.41, 5.74) is 0. The molecular formula is C8H17O3P. The highest BCUT2D eigenvalue weighted by atomic mass is 31.2. The van der Waals surface area contributed by atoms with Crippen molar-refractivity contribution in [1.29, 1.82) is 0 Å².